The van der Waals surface area contributed by atoms with Gasteiger partial charge in [0.1, 0.15) is 0 Å². The number of aryl methyl sites for hydroxylation is 1. The molecule has 1 N–H and O–H groups in total. The molecule has 1 aliphatic rings. The van der Waals surface area contributed by atoms with Crippen molar-refractivity contribution in [3.05, 3.63) is 133 Å². The molecule has 2 heterocycles. The first kappa shape index (κ1) is 28.4. The predicted molar refractivity (Wildman–Crippen MR) is 165 cm³/mol. The van der Waals surface area contributed by atoms with Gasteiger partial charge in [0.2, 0.25) is 0 Å². The highest BCUT2D eigenvalue weighted by atomic mass is 32.1. The molecule has 0 aliphatic heterocycles. The minimum atomic E-state index is -4.41. The molecule has 0 bridgehead atoms. The molecule has 1 aliphatic carbocycles. The highest BCUT2D eigenvalue weighted by Gasteiger charge is 2.31. The molecule has 5 aromatic rings. The van der Waals surface area contributed by atoms with Crippen LogP contribution in [0.2, 0.25) is 0 Å². The Balaban J connectivity index is 1.20. The van der Waals surface area contributed by atoms with Crippen LogP contribution >= 0.6 is 22.7 Å². The molecule has 1 unspecified atom stereocenters. The van der Waals surface area contributed by atoms with Gasteiger partial charge in [0.15, 0.2) is 0 Å². The van der Waals surface area contributed by atoms with Gasteiger partial charge in [-0.25, -0.2) is 0 Å². The summed E-state index contributed by atoms with van der Waals surface area (Å²) < 4.78 is 39.4. The van der Waals surface area contributed by atoms with Crippen molar-refractivity contribution in [2.24, 2.45) is 0 Å². The molecule has 0 saturated heterocycles. The lowest BCUT2D eigenvalue weighted by Gasteiger charge is -2.28. The summed E-state index contributed by atoms with van der Waals surface area (Å²) in [6.07, 6.45) is -2.56. The van der Waals surface area contributed by atoms with Crippen molar-refractivity contribution >= 4 is 34.3 Å². The molecule has 214 valence electrons. The lowest BCUT2D eigenvalue weighted by atomic mass is 9.93. The number of nitrogens with one attached hydrogen (secondary N) is 1. The van der Waals surface area contributed by atoms with Gasteiger partial charge in [-0.3, -0.25) is 9.69 Å². The number of anilines is 1. The number of alkyl halides is 3. The van der Waals surface area contributed by atoms with Crippen molar-refractivity contribution in [3.63, 3.8) is 0 Å². The molecule has 3 aromatic carbocycles. The maximum absolute atomic E-state index is 13.5. The molecule has 8 heteroatoms. The number of rotatable bonds is 8. The van der Waals surface area contributed by atoms with Gasteiger partial charge < -0.3 is 5.32 Å². The topological polar surface area (TPSA) is 32.3 Å². The smallest absolute Gasteiger partial charge is 0.322 e. The Bertz CT molecular complexity index is 1640. The van der Waals surface area contributed by atoms with Crippen LogP contribution in [-0.2, 0) is 32.1 Å². The van der Waals surface area contributed by atoms with E-state index in [0.717, 1.165) is 43.6 Å². The Morgan fingerprint density at radius 1 is 0.857 bits per heavy atom. The lowest BCUT2D eigenvalue weighted by molar-refractivity contribution is -0.137. The standard InChI is InChI=1S/C34H29F3N2OS2/c1-22-5-2-8-31(32(22)23-9-12-26(13-10-23)34(35,36)37)33(40)38-27-14-11-24-18-28(19-25(24)17-27)39(20-29-6-3-15-41-29)21-30-7-4-16-42-30/h2-17,28H,18-21H2,1H3,(H,38,40). The van der Waals surface area contributed by atoms with Gasteiger partial charge in [-0.2, -0.15) is 13.2 Å². The molecule has 1 atom stereocenters. The largest absolute Gasteiger partial charge is 0.416 e. The lowest BCUT2D eigenvalue weighted by Crippen LogP contribution is -2.34. The molecule has 1 amide bonds. The van der Waals surface area contributed by atoms with Gasteiger partial charge in [-0.15, -0.1) is 22.7 Å². The van der Waals surface area contributed by atoms with Crippen molar-refractivity contribution < 1.29 is 18.0 Å². The predicted octanol–water partition coefficient (Wildman–Crippen LogP) is 9.23. The fraction of sp³-hybridized carbons (Fsp3) is 0.206. The summed E-state index contributed by atoms with van der Waals surface area (Å²) in [4.78, 5) is 18.8. The zero-order valence-corrected chi connectivity index (χ0v) is 24.6. The summed E-state index contributed by atoms with van der Waals surface area (Å²) in [5.41, 5.74) is 4.95. The second kappa shape index (κ2) is 11.9. The molecule has 42 heavy (non-hydrogen) atoms. The number of benzene rings is 3. The number of carbonyl (C=O) groups is 1. The number of fused-ring (bicyclic) bond motifs is 1. The Kier molecular flexibility index (Phi) is 8.03. The second-order valence-electron chi connectivity index (χ2n) is 10.6. The molecule has 0 spiro atoms. The van der Waals surface area contributed by atoms with Crippen LogP contribution in [0, 0.1) is 6.92 Å². The number of amides is 1. The van der Waals surface area contributed by atoms with Crippen LogP contribution in [0.15, 0.2) is 95.7 Å². The number of nitrogens with zero attached hydrogens (tertiary/aromatic N) is 1. The van der Waals surface area contributed by atoms with Gasteiger partial charge in [-0.1, -0.05) is 42.5 Å². The number of halogens is 3. The zero-order valence-electron chi connectivity index (χ0n) is 22.9. The van der Waals surface area contributed by atoms with E-state index >= 15 is 0 Å². The Labute approximate surface area is 251 Å². The quantitative estimate of drug-likeness (QED) is 0.192. The van der Waals surface area contributed by atoms with E-state index in [9.17, 15) is 18.0 Å². The second-order valence-corrected chi connectivity index (χ2v) is 12.7. The number of thiophene rings is 2. The van der Waals surface area contributed by atoms with Gasteiger partial charge in [-0.05, 0) is 101 Å². The van der Waals surface area contributed by atoms with Crippen molar-refractivity contribution in [3.8, 4) is 11.1 Å². The third-order valence-corrected chi connectivity index (χ3v) is 9.51. The number of carbonyl (C=O) groups excluding carboxylic acids is 1. The minimum absolute atomic E-state index is 0.292. The van der Waals surface area contributed by atoms with Crippen molar-refractivity contribution in [2.45, 2.75) is 45.1 Å². The van der Waals surface area contributed by atoms with E-state index in [4.69, 9.17) is 0 Å². The van der Waals surface area contributed by atoms with E-state index in [1.54, 1.807) is 34.8 Å². The summed E-state index contributed by atoms with van der Waals surface area (Å²) in [6.45, 7) is 3.66. The van der Waals surface area contributed by atoms with Crippen molar-refractivity contribution in [1.82, 2.24) is 4.90 Å². The Hall–Kier alpha value is -3.72. The fourth-order valence-corrected chi connectivity index (χ4v) is 7.17. The van der Waals surface area contributed by atoms with Crippen LogP contribution in [0.5, 0.6) is 0 Å². The van der Waals surface area contributed by atoms with Crippen LogP contribution in [-0.4, -0.2) is 16.8 Å². The molecule has 6 rings (SSSR count). The van der Waals surface area contributed by atoms with Gasteiger partial charge in [0.25, 0.3) is 5.91 Å². The maximum atomic E-state index is 13.5. The van der Waals surface area contributed by atoms with E-state index in [1.807, 2.05) is 19.1 Å². The summed E-state index contributed by atoms with van der Waals surface area (Å²) in [5.74, 6) is -0.292. The summed E-state index contributed by atoms with van der Waals surface area (Å²) in [5, 5.41) is 7.29. The zero-order chi connectivity index (χ0) is 29.3. The van der Waals surface area contributed by atoms with Crippen LogP contribution in [0.4, 0.5) is 18.9 Å². The van der Waals surface area contributed by atoms with Crippen LogP contribution < -0.4 is 5.32 Å². The minimum Gasteiger partial charge on any atom is -0.322 e. The highest BCUT2D eigenvalue weighted by molar-refractivity contribution is 7.10. The van der Waals surface area contributed by atoms with Gasteiger partial charge in [0, 0.05) is 40.1 Å². The van der Waals surface area contributed by atoms with E-state index in [-0.39, 0.29) is 5.91 Å². The Morgan fingerprint density at radius 3 is 2.14 bits per heavy atom. The summed E-state index contributed by atoms with van der Waals surface area (Å²) in [7, 11) is 0. The van der Waals surface area contributed by atoms with E-state index in [2.05, 4.69) is 57.4 Å². The number of hydrogen-bond acceptors (Lipinski definition) is 4. The third kappa shape index (κ3) is 6.21. The molecular weight excluding hydrogens is 574 g/mol. The van der Waals surface area contributed by atoms with Gasteiger partial charge in [0.05, 0.1) is 5.56 Å². The molecule has 0 radical (unpaired) electrons. The van der Waals surface area contributed by atoms with Crippen LogP contribution in [0.3, 0.4) is 0 Å². The highest BCUT2D eigenvalue weighted by Crippen LogP contribution is 2.34. The van der Waals surface area contributed by atoms with E-state index < -0.39 is 11.7 Å². The molecule has 3 nitrogen and oxygen atoms in total. The summed E-state index contributed by atoms with van der Waals surface area (Å²) >= 11 is 3.56. The maximum Gasteiger partial charge on any atom is 0.416 e. The Morgan fingerprint density at radius 2 is 1.52 bits per heavy atom. The van der Waals surface area contributed by atoms with E-state index in [0.29, 0.717) is 28.4 Å². The van der Waals surface area contributed by atoms with Crippen LogP contribution in [0.25, 0.3) is 11.1 Å². The normalized spacial score (nSPS) is 14.7. The average Bonchev–Trinajstić information content (AvgIpc) is 3.75. The first-order valence-corrected chi connectivity index (χ1v) is 15.5. The molecule has 0 saturated carbocycles. The third-order valence-electron chi connectivity index (χ3n) is 7.79. The fourth-order valence-electron chi connectivity index (χ4n) is 5.71. The SMILES string of the molecule is Cc1cccc(C(=O)Nc2ccc3c(c2)CC(N(Cc2cccs2)Cc2cccs2)C3)c1-c1ccc(C(F)(F)F)cc1. The molecular formula is C34H29F3N2OS2. The first-order valence-electron chi connectivity index (χ1n) is 13.7. The van der Waals surface area contributed by atoms with Gasteiger partial charge >= 0.3 is 6.18 Å². The molecule has 0 fully saturated rings. The monoisotopic (exact) mass is 602 g/mol. The number of hydrogen-bond donors (Lipinski definition) is 1. The molecule has 2 aromatic heterocycles. The van der Waals surface area contributed by atoms with E-state index in [1.165, 1.54) is 33.0 Å². The van der Waals surface area contributed by atoms with Crippen molar-refractivity contribution in [2.75, 3.05) is 5.32 Å². The van der Waals surface area contributed by atoms with Crippen LogP contribution in [0.1, 0.15) is 42.4 Å². The van der Waals surface area contributed by atoms with Crippen molar-refractivity contribution in [1.29, 1.82) is 0 Å². The summed E-state index contributed by atoms with van der Waals surface area (Å²) in [6, 6.07) is 25.4. The first-order chi connectivity index (χ1) is 20.2. The average molecular weight is 603 g/mol.